The molecular formula is C21H20FN3O2. The van der Waals surface area contributed by atoms with Gasteiger partial charge < -0.3 is 15.4 Å². The standard InChI is InChI=1S/C21H20FN3O2/c22-19-15-17(16-5-2-1-3-6-16)7-8-20(19)25-21(26)24-11-4-14-27-18-9-12-23-13-10-18/h1-3,5-10,12-13,15H,4,11,14H2,(H2,24,25,26). The summed E-state index contributed by atoms with van der Waals surface area (Å²) in [5, 5.41) is 5.21. The Bertz CT molecular complexity index is 873. The van der Waals surface area contributed by atoms with Gasteiger partial charge in [-0.2, -0.15) is 0 Å². The predicted molar refractivity (Wildman–Crippen MR) is 103 cm³/mol. The Labute approximate surface area is 157 Å². The van der Waals surface area contributed by atoms with Crippen LogP contribution in [0.3, 0.4) is 0 Å². The lowest BCUT2D eigenvalue weighted by atomic mass is 10.1. The number of hydrogen-bond acceptors (Lipinski definition) is 3. The highest BCUT2D eigenvalue weighted by Crippen LogP contribution is 2.24. The number of rotatable bonds is 7. The van der Waals surface area contributed by atoms with Crippen LogP contribution in [-0.2, 0) is 0 Å². The second kappa shape index (κ2) is 9.33. The SMILES string of the molecule is O=C(NCCCOc1ccncc1)Nc1ccc(-c2ccccc2)cc1F. The van der Waals surface area contributed by atoms with Gasteiger partial charge in [-0.1, -0.05) is 36.4 Å². The molecule has 2 aromatic carbocycles. The lowest BCUT2D eigenvalue weighted by molar-refractivity contribution is 0.250. The third-order valence-corrected chi connectivity index (χ3v) is 3.85. The van der Waals surface area contributed by atoms with E-state index in [4.69, 9.17) is 4.74 Å². The summed E-state index contributed by atoms with van der Waals surface area (Å²) in [7, 11) is 0. The molecule has 2 amide bonds. The summed E-state index contributed by atoms with van der Waals surface area (Å²) in [6.07, 6.45) is 3.93. The average molecular weight is 365 g/mol. The van der Waals surface area contributed by atoms with Crippen LogP contribution < -0.4 is 15.4 Å². The number of carbonyl (C=O) groups excluding carboxylic acids is 1. The lowest BCUT2D eigenvalue weighted by Gasteiger charge is -2.10. The van der Waals surface area contributed by atoms with Gasteiger partial charge in [-0.25, -0.2) is 9.18 Å². The molecule has 5 nitrogen and oxygen atoms in total. The Morgan fingerprint density at radius 2 is 1.78 bits per heavy atom. The molecule has 6 heteroatoms. The number of halogens is 1. The molecule has 0 spiro atoms. The molecule has 3 aromatic rings. The molecule has 1 aromatic heterocycles. The summed E-state index contributed by atoms with van der Waals surface area (Å²) in [6.45, 7) is 0.880. The van der Waals surface area contributed by atoms with Crippen molar-refractivity contribution in [3.8, 4) is 16.9 Å². The number of benzene rings is 2. The molecule has 3 rings (SSSR count). The third-order valence-electron chi connectivity index (χ3n) is 3.85. The molecule has 2 N–H and O–H groups in total. The Balaban J connectivity index is 1.44. The monoisotopic (exact) mass is 365 g/mol. The molecule has 0 aliphatic heterocycles. The van der Waals surface area contributed by atoms with Gasteiger partial charge in [0.15, 0.2) is 0 Å². The van der Waals surface area contributed by atoms with Crippen molar-refractivity contribution in [1.82, 2.24) is 10.3 Å². The van der Waals surface area contributed by atoms with Crippen LogP contribution >= 0.6 is 0 Å². The minimum Gasteiger partial charge on any atom is -0.493 e. The highest BCUT2D eigenvalue weighted by atomic mass is 19.1. The van der Waals surface area contributed by atoms with E-state index in [1.807, 2.05) is 30.3 Å². The predicted octanol–water partition coefficient (Wildman–Crippen LogP) is 4.48. The van der Waals surface area contributed by atoms with Crippen molar-refractivity contribution in [3.05, 3.63) is 78.9 Å². The second-order valence-corrected chi connectivity index (χ2v) is 5.83. The van der Waals surface area contributed by atoms with E-state index in [-0.39, 0.29) is 5.69 Å². The van der Waals surface area contributed by atoms with Gasteiger partial charge in [-0.15, -0.1) is 0 Å². The molecule has 0 aliphatic carbocycles. The van der Waals surface area contributed by atoms with Gasteiger partial charge in [-0.3, -0.25) is 4.98 Å². The first-order chi connectivity index (χ1) is 13.2. The molecule has 0 unspecified atom stereocenters. The van der Waals surface area contributed by atoms with Crippen molar-refractivity contribution in [2.24, 2.45) is 0 Å². The van der Waals surface area contributed by atoms with Gasteiger partial charge in [0.1, 0.15) is 11.6 Å². The van der Waals surface area contributed by atoms with Crippen molar-refractivity contribution in [3.63, 3.8) is 0 Å². The molecule has 0 aliphatic rings. The summed E-state index contributed by atoms with van der Waals surface area (Å²) in [6, 6.07) is 17.3. The lowest BCUT2D eigenvalue weighted by Crippen LogP contribution is -2.30. The van der Waals surface area contributed by atoms with E-state index in [0.29, 0.717) is 19.6 Å². The number of aromatic nitrogens is 1. The molecule has 0 fully saturated rings. The van der Waals surface area contributed by atoms with Crippen LogP contribution in [0, 0.1) is 5.82 Å². The zero-order chi connectivity index (χ0) is 18.9. The number of pyridine rings is 1. The Kier molecular flexibility index (Phi) is 6.35. The van der Waals surface area contributed by atoms with Gasteiger partial charge in [0.2, 0.25) is 0 Å². The number of nitrogens with zero attached hydrogens (tertiary/aromatic N) is 1. The van der Waals surface area contributed by atoms with Crippen LogP contribution in [0.4, 0.5) is 14.9 Å². The second-order valence-electron chi connectivity index (χ2n) is 5.83. The first-order valence-electron chi connectivity index (χ1n) is 8.65. The Morgan fingerprint density at radius 1 is 1.00 bits per heavy atom. The van der Waals surface area contributed by atoms with E-state index in [1.54, 1.807) is 36.7 Å². The third kappa shape index (κ3) is 5.54. The average Bonchev–Trinajstić information content (AvgIpc) is 2.71. The van der Waals surface area contributed by atoms with Crippen LogP contribution in [0.2, 0.25) is 0 Å². The normalized spacial score (nSPS) is 10.3. The molecule has 138 valence electrons. The number of carbonyl (C=O) groups is 1. The summed E-state index contributed by atoms with van der Waals surface area (Å²) >= 11 is 0. The Hall–Kier alpha value is -3.41. The number of anilines is 1. The van der Waals surface area contributed by atoms with Crippen LogP contribution in [0.15, 0.2) is 73.1 Å². The topological polar surface area (TPSA) is 63.2 Å². The van der Waals surface area contributed by atoms with Gasteiger partial charge in [0.05, 0.1) is 12.3 Å². The largest absolute Gasteiger partial charge is 0.493 e. The zero-order valence-corrected chi connectivity index (χ0v) is 14.7. The number of nitrogens with one attached hydrogen (secondary N) is 2. The summed E-state index contributed by atoms with van der Waals surface area (Å²) < 4.78 is 19.8. The highest BCUT2D eigenvalue weighted by molar-refractivity contribution is 5.89. The van der Waals surface area contributed by atoms with Crippen LogP contribution in [-0.4, -0.2) is 24.2 Å². The fourth-order valence-corrected chi connectivity index (χ4v) is 2.49. The first kappa shape index (κ1) is 18.4. The van der Waals surface area contributed by atoms with E-state index < -0.39 is 11.8 Å². The molecule has 0 radical (unpaired) electrons. The number of hydrogen-bond donors (Lipinski definition) is 2. The maximum atomic E-state index is 14.3. The smallest absolute Gasteiger partial charge is 0.319 e. The van der Waals surface area contributed by atoms with E-state index >= 15 is 0 Å². The van der Waals surface area contributed by atoms with Crippen molar-refractivity contribution in [2.75, 3.05) is 18.5 Å². The summed E-state index contributed by atoms with van der Waals surface area (Å²) in [4.78, 5) is 15.8. The van der Waals surface area contributed by atoms with Gasteiger partial charge in [0, 0.05) is 18.9 Å². The molecule has 0 atom stereocenters. The first-order valence-corrected chi connectivity index (χ1v) is 8.65. The van der Waals surface area contributed by atoms with Crippen molar-refractivity contribution in [1.29, 1.82) is 0 Å². The van der Waals surface area contributed by atoms with E-state index in [1.165, 1.54) is 6.07 Å². The molecule has 27 heavy (non-hydrogen) atoms. The maximum Gasteiger partial charge on any atom is 0.319 e. The summed E-state index contributed by atoms with van der Waals surface area (Å²) in [5.74, 6) is 0.252. The number of amides is 2. The molecule has 1 heterocycles. The van der Waals surface area contributed by atoms with Crippen LogP contribution in [0.1, 0.15) is 6.42 Å². The van der Waals surface area contributed by atoms with Crippen LogP contribution in [0.5, 0.6) is 5.75 Å². The number of ether oxygens (including phenoxy) is 1. The fourth-order valence-electron chi connectivity index (χ4n) is 2.49. The summed E-state index contributed by atoms with van der Waals surface area (Å²) in [5.41, 5.74) is 1.81. The quantitative estimate of drug-likeness (QED) is 0.607. The minimum atomic E-state index is -0.479. The van der Waals surface area contributed by atoms with Gasteiger partial charge in [0.25, 0.3) is 0 Å². The minimum absolute atomic E-state index is 0.139. The molecule has 0 bridgehead atoms. The number of urea groups is 1. The van der Waals surface area contributed by atoms with E-state index in [2.05, 4.69) is 15.6 Å². The Morgan fingerprint density at radius 3 is 2.52 bits per heavy atom. The molecule has 0 saturated heterocycles. The fraction of sp³-hybridized carbons (Fsp3) is 0.143. The van der Waals surface area contributed by atoms with Crippen LogP contribution in [0.25, 0.3) is 11.1 Å². The van der Waals surface area contributed by atoms with E-state index in [9.17, 15) is 9.18 Å². The van der Waals surface area contributed by atoms with Crippen molar-refractivity contribution < 1.29 is 13.9 Å². The van der Waals surface area contributed by atoms with Gasteiger partial charge >= 0.3 is 6.03 Å². The van der Waals surface area contributed by atoms with E-state index in [0.717, 1.165) is 16.9 Å². The molecule has 0 saturated carbocycles. The highest BCUT2D eigenvalue weighted by Gasteiger charge is 2.08. The van der Waals surface area contributed by atoms with Crippen molar-refractivity contribution >= 4 is 11.7 Å². The maximum absolute atomic E-state index is 14.3. The van der Waals surface area contributed by atoms with Crippen molar-refractivity contribution in [2.45, 2.75) is 6.42 Å². The zero-order valence-electron chi connectivity index (χ0n) is 14.7. The van der Waals surface area contributed by atoms with Gasteiger partial charge in [-0.05, 0) is 41.8 Å². The molecular weight excluding hydrogens is 345 g/mol.